The maximum Gasteiger partial charge on any atom is 0.435 e. The van der Waals surface area contributed by atoms with Crippen LogP contribution in [0.2, 0.25) is 0 Å². The molecule has 0 aliphatic rings. The van der Waals surface area contributed by atoms with Crippen LogP contribution in [0.4, 0.5) is 13.2 Å². The summed E-state index contributed by atoms with van der Waals surface area (Å²) >= 11 is 0. The average molecular weight is 369 g/mol. The number of carbonyl (C=O) groups is 1. The first-order chi connectivity index (χ1) is 12.0. The van der Waals surface area contributed by atoms with Gasteiger partial charge >= 0.3 is 12.1 Å². The van der Waals surface area contributed by atoms with Crippen molar-refractivity contribution in [1.82, 2.24) is 14.3 Å². The third-order valence-corrected chi connectivity index (χ3v) is 3.66. The summed E-state index contributed by atoms with van der Waals surface area (Å²) in [5.41, 5.74) is -2.43. The standard InChI is InChI=1S/C15H14F3N5O3/c1-7-3-11(15(16,17)18)21-23(7)12(20)10(5-19)8-4-9(14(25)26)13(24)22(2)6-8/h3-6,10,19-20H,1-2H3,(H,25,26). The van der Waals surface area contributed by atoms with E-state index in [-0.39, 0.29) is 11.3 Å². The topological polar surface area (TPSA) is 125 Å². The lowest BCUT2D eigenvalue weighted by Crippen LogP contribution is -2.28. The minimum atomic E-state index is -4.69. The second kappa shape index (κ2) is 6.58. The van der Waals surface area contributed by atoms with Gasteiger partial charge in [-0.2, -0.15) is 18.3 Å². The summed E-state index contributed by atoms with van der Waals surface area (Å²) in [5, 5.41) is 28.1. The fourth-order valence-electron chi connectivity index (χ4n) is 2.38. The third kappa shape index (κ3) is 3.41. The van der Waals surface area contributed by atoms with Crippen molar-refractivity contribution in [3.05, 3.63) is 51.2 Å². The van der Waals surface area contributed by atoms with Crippen LogP contribution in [0, 0.1) is 17.7 Å². The molecule has 11 heteroatoms. The highest BCUT2D eigenvalue weighted by Crippen LogP contribution is 2.29. The van der Waals surface area contributed by atoms with Gasteiger partial charge in [0, 0.05) is 25.2 Å². The maximum absolute atomic E-state index is 12.8. The summed E-state index contributed by atoms with van der Waals surface area (Å²) in [5.74, 6) is -3.17. The summed E-state index contributed by atoms with van der Waals surface area (Å²) in [6.45, 7) is 1.32. The van der Waals surface area contributed by atoms with Gasteiger partial charge in [-0.15, -0.1) is 0 Å². The number of carboxylic acid groups (broad SMARTS) is 1. The van der Waals surface area contributed by atoms with Crippen LogP contribution in [-0.2, 0) is 13.2 Å². The number of carboxylic acids is 1. The fourth-order valence-corrected chi connectivity index (χ4v) is 2.38. The summed E-state index contributed by atoms with van der Waals surface area (Å²) < 4.78 is 40.1. The molecule has 2 aromatic heterocycles. The molecule has 1 atom stereocenters. The van der Waals surface area contributed by atoms with Crippen molar-refractivity contribution < 1.29 is 23.1 Å². The highest BCUT2D eigenvalue weighted by atomic mass is 19.4. The zero-order chi connectivity index (χ0) is 19.8. The number of hydrogen-bond acceptors (Lipinski definition) is 5. The molecular weight excluding hydrogens is 355 g/mol. The number of hydrogen-bond donors (Lipinski definition) is 3. The predicted molar refractivity (Wildman–Crippen MR) is 85.3 cm³/mol. The van der Waals surface area contributed by atoms with E-state index in [0.717, 1.165) is 27.6 Å². The number of aromatic carboxylic acids is 1. The van der Waals surface area contributed by atoms with Crippen molar-refractivity contribution in [2.24, 2.45) is 7.05 Å². The Bertz CT molecular complexity index is 958. The molecule has 0 fully saturated rings. The quantitative estimate of drug-likeness (QED) is 0.562. The van der Waals surface area contributed by atoms with Crippen LogP contribution in [0.3, 0.4) is 0 Å². The smallest absolute Gasteiger partial charge is 0.435 e. The maximum atomic E-state index is 12.8. The SMILES string of the molecule is Cc1cc(C(F)(F)F)nn1C(=N)C(C=N)c1cc(C(=O)O)c(=O)n(C)c1. The van der Waals surface area contributed by atoms with E-state index in [0.29, 0.717) is 0 Å². The van der Waals surface area contributed by atoms with Gasteiger partial charge in [0.05, 0.1) is 5.92 Å². The molecule has 0 aliphatic heterocycles. The van der Waals surface area contributed by atoms with Gasteiger partial charge in [-0.25, -0.2) is 9.48 Å². The predicted octanol–water partition coefficient (Wildman–Crippen LogP) is 1.87. The van der Waals surface area contributed by atoms with Crippen LogP contribution in [0.15, 0.2) is 23.1 Å². The fraction of sp³-hybridized carbons (Fsp3) is 0.267. The molecule has 2 rings (SSSR count). The molecule has 0 bridgehead atoms. The van der Waals surface area contributed by atoms with E-state index in [9.17, 15) is 22.8 Å². The van der Waals surface area contributed by atoms with Gasteiger partial charge in [0.25, 0.3) is 5.56 Å². The molecule has 1 unspecified atom stereocenters. The first-order valence-corrected chi connectivity index (χ1v) is 7.14. The van der Waals surface area contributed by atoms with Crippen molar-refractivity contribution in [3.8, 4) is 0 Å². The number of halogens is 3. The second-order valence-electron chi connectivity index (χ2n) is 5.52. The van der Waals surface area contributed by atoms with E-state index >= 15 is 0 Å². The van der Waals surface area contributed by atoms with Gasteiger partial charge in [-0.3, -0.25) is 10.2 Å². The molecule has 26 heavy (non-hydrogen) atoms. The molecule has 8 nitrogen and oxygen atoms in total. The highest BCUT2D eigenvalue weighted by Gasteiger charge is 2.35. The Balaban J connectivity index is 2.55. The van der Waals surface area contributed by atoms with Crippen LogP contribution in [0.1, 0.15) is 33.2 Å². The van der Waals surface area contributed by atoms with E-state index in [1.807, 2.05) is 0 Å². The van der Waals surface area contributed by atoms with E-state index < -0.39 is 40.7 Å². The molecule has 0 aromatic carbocycles. The molecule has 0 amide bonds. The Morgan fingerprint density at radius 3 is 2.46 bits per heavy atom. The van der Waals surface area contributed by atoms with Crippen LogP contribution in [0.5, 0.6) is 0 Å². The number of pyridine rings is 1. The van der Waals surface area contributed by atoms with Gasteiger partial charge < -0.3 is 15.1 Å². The van der Waals surface area contributed by atoms with Crippen molar-refractivity contribution in [2.45, 2.75) is 19.0 Å². The summed E-state index contributed by atoms with van der Waals surface area (Å²) in [7, 11) is 1.30. The van der Waals surface area contributed by atoms with Gasteiger partial charge in [0.2, 0.25) is 0 Å². The Kier molecular flexibility index (Phi) is 4.83. The third-order valence-electron chi connectivity index (χ3n) is 3.66. The molecule has 3 N–H and O–H groups in total. The van der Waals surface area contributed by atoms with Crippen molar-refractivity contribution in [1.29, 1.82) is 10.8 Å². The number of rotatable bonds is 4. The van der Waals surface area contributed by atoms with Gasteiger partial charge in [-0.05, 0) is 24.6 Å². The number of aromatic nitrogens is 3. The zero-order valence-electron chi connectivity index (χ0n) is 13.6. The van der Waals surface area contributed by atoms with Crippen molar-refractivity contribution in [2.75, 3.05) is 0 Å². The molecule has 0 radical (unpaired) electrons. The number of nitrogens with one attached hydrogen (secondary N) is 2. The van der Waals surface area contributed by atoms with Gasteiger partial charge in [-0.1, -0.05) is 0 Å². The minimum absolute atomic E-state index is 0.0254. The molecule has 0 aliphatic carbocycles. The molecule has 138 valence electrons. The number of alkyl halides is 3. The van der Waals surface area contributed by atoms with E-state index in [1.54, 1.807) is 0 Å². The average Bonchev–Trinajstić information content (AvgIpc) is 2.93. The van der Waals surface area contributed by atoms with Gasteiger partial charge in [0.15, 0.2) is 5.69 Å². The van der Waals surface area contributed by atoms with Gasteiger partial charge in [0.1, 0.15) is 11.4 Å². The lowest BCUT2D eigenvalue weighted by Gasteiger charge is -2.16. The summed E-state index contributed by atoms with van der Waals surface area (Å²) in [4.78, 5) is 23.0. The Hall–Kier alpha value is -3.24. The van der Waals surface area contributed by atoms with Crippen LogP contribution in [0.25, 0.3) is 0 Å². The van der Waals surface area contributed by atoms with Crippen LogP contribution < -0.4 is 5.56 Å². The Labute approximate surface area is 144 Å². The summed E-state index contributed by atoms with van der Waals surface area (Å²) in [6.07, 6.45) is -2.70. The molecule has 0 spiro atoms. The first-order valence-electron chi connectivity index (χ1n) is 7.14. The highest BCUT2D eigenvalue weighted by molar-refractivity contribution is 6.01. The lowest BCUT2D eigenvalue weighted by molar-refractivity contribution is -0.141. The van der Waals surface area contributed by atoms with E-state index in [4.69, 9.17) is 15.9 Å². The van der Waals surface area contributed by atoms with Crippen LogP contribution in [-0.4, -0.2) is 37.5 Å². The molecule has 2 heterocycles. The van der Waals surface area contributed by atoms with E-state index in [1.165, 1.54) is 20.2 Å². The minimum Gasteiger partial charge on any atom is -0.477 e. The molecular formula is C15H14F3N5O3. The Morgan fingerprint density at radius 1 is 1.38 bits per heavy atom. The lowest BCUT2D eigenvalue weighted by atomic mass is 9.99. The normalized spacial score (nSPS) is 12.7. The van der Waals surface area contributed by atoms with E-state index in [2.05, 4.69) is 5.10 Å². The zero-order valence-corrected chi connectivity index (χ0v) is 13.6. The molecule has 0 saturated carbocycles. The first kappa shape index (κ1) is 19.1. The largest absolute Gasteiger partial charge is 0.477 e. The number of nitrogens with zero attached hydrogens (tertiary/aromatic N) is 3. The van der Waals surface area contributed by atoms with Crippen molar-refractivity contribution in [3.63, 3.8) is 0 Å². The van der Waals surface area contributed by atoms with Crippen molar-refractivity contribution >= 4 is 18.0 Å². The Morgan fingerprint density at radius 2 is 2.00 bits per heavy atom. The molecule has 0 saturated heterocycles. The molecule has 2 aromatic rings. The summed E-state index contributed by atoms with van der Waals surface area (Å²) in [6, 6.07) is 1.76. The number of aryl methyl sites for hydroxylation is 2. The monoisotopic (exact) mass is 369 g/mol. The second-order valence-corrected chi connectivity index (χ2v) is 5.52. The van der Waals surface area contributed by atoms with Crippen LogP contribution >= 0.6 is 0 Å².